The Kier molecular flexibility index (Phi) is 9.99. The van der Waals surface area contributed by atoms with E-state index in [4.69, 9.17) is 20.2 Å². The molecule has 2 aliphatic carbocycles. The Morgan fingerprint density at radius 1 is 0.685 bits per heavy atom. The van der Waals surface area contributed by atoms with E-state index in [0.29, 0.717) is 31.6 Å². The molecule has 2 saturated carbocycles. The zero-order valence-corrected chi connectivity index (χ0v) is 31.3. The van der Waals surface area contributed by atoms with Gasteiger partial charge < -0.3 is 19.8 Å². The molecular formula is C42H48N10O2. The predicted molar refractivity (Wildman–Crippen MR) is 213 cm³/mol. The minimum absolute atomic E-state index is 0.0147. The molecule has 54 heavy (non-hydrogen) atoms. The van der Waals surface area contributed by atoms with Gasteiger partial charge in [0.1, 0.15) is 11.6 Å². The van der Waals surface area contributed by atoms with E-state index in [1.54, 1.807) is 21.3 Å². The number of aromatic nitrogens is 8. The maximum absolute atomic E-state index is 12.4. The van der Waals surface area contributed by atoms with Gasteiger partial charge in [0.2, 0.25) is 0 Å². The monoisotopic (exact) mass is 724 g/mol. The van der Waals surface area contributed by atoms with Crippen LogP contribution in [0.25, 0.3) is 33.6 Å². The summed E-state index contributed by atoms with van der Waals surface area (Å²) in [6.45, 7) is 7.50. The van der Waals surface area contributed by atoms with Gasteiger partial charge in [-0.15, -0.1) is 0 Å². The lowest BCUT2D eigenvalue weighted by molar-refractivity contribution is 0.444. The molecule has 2 aliphatic rings. The zero-order chi connectivity index (χ0) is 37.2. The first-order valence-electron chi connectivity index (χ1n) is 19.4. The third kappa shape index (κ3) is 7.37. The second kappa shape index (κ2) is 15.3. The molecule has 0 aliphatic heterocycles. The minimum atomic E-state index is -0.0169. The summed E-state index contributed by atoms with van der Waals surface area (Å²) in [7, 11) is 0. The van der Waals surface area contributed by atoms with Crippen molar-refractivity contribution in [1.82, 2.24) is 38.7 Å². The molecule has 12 nitrogen and oxygen atoms in total. The number of anilines is 2. The van der Waals surface area contributed by atoms with Gasteiger partial charge in [-0.25, -0.2) is 19.3 Å². The highest BCUT2D eigenvalue weighted by molar-refractivity contribution is 5.72. The molecule has 0 unspecified atom stereocenters. The Bertz CT molecular complexity index is 2390. The van der Waals surface area contributed by atoms with Crippen molar-refractivity contribution in [2.45, 2.75) is 104 Å². The highest BCUT2D eigenvalue weighted by Gasteiger charge is 2.23. The molecular weight excluding hydrogens is 677 g/mol. The summed E-state index contributed by atoms with van der Waals surface area (Å²) in [6.07, 6.45) is 22.9. The van der Waals surface area contributed by atoms with E-state index in [1.807, 2.05) is 64.9 Å². The van der Waals surface area contributed by atoms with Crippen LogP contribution in [0.4, 0.5) is 11.6 Å². The normalized spacial score (nSPS) is 14.5. The zero-order valence-electron chi connectivity index (χ0n) is 31.3. The van der Waals surface area contributed by atoms with Crippen molar-refractivity contribution in [3.05, 3.63) is 117 Å². The van der Waals surface area contributed by atoms with E-state index < -0.39 is 0 Å². The average Bonchev–Trinajstić information content (AvgIpc) is 3.82. The molecule has 2 fully saturated rings. The molecule has 0 atom stereocenters. The molecule has 278 valence electrons. The Morgan fingerprint density at radius 3 is 1.81 bits per heavy atom. The van der Waals surface area contributed by atoms with Crippen LogP contribution in [0.15, 0.2) is 89.4 Å². The highest BCUT2D eigenvalue weighted by atomic mass is 16.1. The van der Waals surface area contributed by atoms with Crippen molar-refractivity contribution in [3.63, 3.8) is 0 Å². The minimum Gasteiger partial charge on any atom is -0.367 e. The summed E-state index contributed by atoms with van der Waals surface area (Å²) in [5, 5.41) is 16.9. The smallest absolute Gasteiger partial charge is 0.250 e. The molecule has 6 aromatic heterocycles. The maximum Gasteiger partial charge on any atom is 0.250 e. The Hall–Kier alpha value is -5.78. The van der Waals surface area contributed by atoms with Crippen LogP contribution in [-0.2, 0) is 19.5 Å². The van der Waals surface area contributed by atoms with Gasteiger partial charge in [-0.05, 0) is 93.7 Å². The van der Waals surface area contributed by atoms with Gasteiger partial charge in [0.05, 0.1) is 23.8 Å². The van der Waals surface area contributed by atoms with Gasteiger partial charge >= 0.3 is 0 Å². The van der Waals surface area contributed by atoms with Crippen molar-refractivity contribution in [2.75, 3.05) is 10.6 Å². The van der Waals surface area contributed by atoms with Crippen molar-refractivity contribution < 1.29 is 0 Å². The molecule has 0 bridgehead atoms. The van der Waals surface area contributed by atoms with Crippen LogP contribution in [0.1, 0.15) is 82.0 Å². The van der Waals surface area contributed by atoms with E-state index in [1.165, 1.54) is 12.8 Å². The van der Waals surface area contributed by atoms with Gasteiger partial charge in [-0.2, -0.15) is 10.2 Å². The van der Waals surface area contributed by atoms with Crippen molar-refractivity contribution in [1.29, 1.82) is 0 Å². The first kappa shape index (κ1) is 35.3. The Balaban J connectivity index is 1.17. The number of hydrogen-bond acceptors (Lipinski definition) is 8. The predicted octanol–water partition coefficient (Wildman–Crippen LogP) is 7.15. The van der Waals surface area contributed by atoms with Gasteiger partial charge in [-0.1, -0.05) is 13.8 Å². The number of nitrogens with one attached hydrogen (secondary N) is 2. The van der Waals surface area contributed by atoms with E-state index in [-0.39, 0.29) is 11.1 Å². The van der Waals surface area contributed by atoms with E-state index in [9.17, 15) is 9.59 Å². The fourth-order valence-electron chi connectivity index (χ4n) is 7.24. The van der Waals surface area contributed by atoms with Crippen LogP contribution in [0.2, 0.25) is 0 Å². The van der Waals surface area contributed by atoms with Gasteiger partial charge in [0, 0.05) is 103 Å². The molecule has 6 heterocycles. The molecule has 0 aromatic carbocycles. The first-order chi connectivity index (χ1) is 26.3. The molecule has 6 aromatic rings. The van der Waals surface area contributed by atoms with Crippen molar-refractivity contribution in [3.8, 4) is 33.6 Å². The fraction of sp³-hybridized carbons (Fsp3) is 0.381. The summed E-state index contributed by atoms with van der Waals surface area (Å²) in [4.78, 5) is 34.9. The van der Waals surface area contributed by atoms with Crippen molar-refractivity contribution >= 4 is 11.6 Å². The summed E-state index contributed by atoms with van der Waals surface area (Å²) < 4.78 is 7.12. The number of aryl methyl sites for hydroxylation is 3. The molecule has 0 radical (unpaired) electrons. The van der Waals surface area contributed by atoms with Gasteiger partial charge in [0.25, 0.3) is 11.1 Å². The van der Waals surface area contributed by atoms with Crippen LogP contribution in [0.5, 0.6) is 0 Å². The highest BCUT2D eigenvalue weighted by Crippen LogP contribution is 2.35. The van der Waals surface area contributed by atoms with Crippen LogP contribution >= 0.6 is 0 Å². The number of pyridine rings is 4. The summed E-state index contributed by atoms with van der Waals surface area (Å²) in [6, 6.07) is 12.1. The molecule has 0 spiro atoms. The molecule has 0 saturated heterocycles. The van der Waals surface area contributed by atoms with Gasteiger partial charge in [-0.3, -0.25) is 9.59 Å². The van der Waals surface area contributed by atoms with Crippen LogP contribution in [-0.4, -0.2) is 50.7 Å². The van der Waals surface area contributed by atoms with Crippen LogP contribution in [0.3, 0.4) is 0 Å². The number of rotatable bonds is 14. The lowest BCUT2D eigenvalue weighted by atomic mass is 9.91. The lowest BCUT2D eigenvalue weighted by Gasteiger charge is -2.29. The quantitative estimate of drug-likeness (QED) is 0.121. The maximum atomic E-state index is 12.4. The fourth-order valence-corrected chi connectivity index (χ4v) is 7.24. The number of nitrogens with zero attached hydrogens (tertiary/aromatic N) is 8. The summed E-state index contributed by atoms with van der Waals surface area (Å²) >= 11 is 0. The van der Waals surface area contributed by atoms with Crippen molar-refractivity contribution in [2.24, 2.45) is 0 Å². The van der Waals surface area contributed by atoms with Gasteiger partial charge in [0.15, 0.2) is 0 Å². The van der Waals surface area contributed by atoms with E-state index in [2.05, 4.69) is 43.5 Å². The average molecular weight is 725 g/mol. The molecule has 8 rings (SSSR count). The Morgan fingerprint density at radius 2 is 1.26 bits per heavy atom. The third-order valence-electron chi connectivity index (χ3n) is 10.7. The SMILES string of the molecule is CCCn1cc(-n2cc(-c3cnc(NC4CCC4)cc3Cc3cc(-c4cnn(-c5ccc(=O)n(CCC)c5)c4)c(C)nc3NC3CCC3)cn2)ccc1=O. The van der Waals surface area contributed by atoms with E-state index >= 15 is 0 Å². The summed E-state index contributed by atoms with van der Waals surface area (Å²) in [5.41, 5.74) is 8.66. The van der Waals surface area contributed by atoms with Crippen LogP contribution in [0, 0.1) is 6.92 Å². The molecule has 2 N–H and O–H groups in total. The third-order valence-corrected chi connectivity index (χ3v) is 10.7. The second-order valence-electron chi connectivity index (χ2n) is 14.8. The summed E-state index contributed by atoms with van der Waals surface area (Å²) in [5.74, 6) is 1.78. The largest absolute Gasteiger partial charge is 0.367 e. The standard InChI is InChI=1S/C42H48N10O2/c1-4-16-49-26-35(12-14-40(49)53)51-24-31(21-44-51)37-19-30(42(46-28(37)3)48-34-10-7-11-34)18-29-20-39(47-33-8-6-9-33)43-23-38(29)32-22-45-52(25-32)36-13-15-41(54)50(27-36)17-5-2/h12-15,19-27,33-34H,4-11,16-18H2,1-3H3,(H,43,47)(H,46,48). The first-order valence-corrected chi connectivity index (χ1v) is 19.4. The van der Waals surface area contributed by atoms with E-state index in [0.717, 1.165) is 101 Å². The second-order valence-corrected chi connectivity index (χ2v) is 14.8. The molecule has 0 amide bonds. The molecule has 12 heteroatoms. The van der Waals surface area contributed by atoms with Crippen LogP contribution < -0.4 is 21.8 Å². The Labute approximate surface area is 314 Å². The lowest BCUT2D eigenvalue weighted by Crippen LogP contribution is -2.28. The topological polar surface area (TPSA) is 129 Å². The number of hydrogen-bond donors (Lipinski definition) is 2.